The summed E-state index contributed by atoms with van der Waals surface area (Å²) in [5, 5.41) is 0. The lowest BCUT2D eigenvalue weighted by Crippen LogP contribution is -2.10. The minimum Gasteiger partial charge on any atom is -0.265 e. The molecule has 0 aliphatic carbocycles. The summed E-state index contributed by atoms with van der Waals surface area (Å²) in [5.41, 5.74) is 12.2. The van der Waals surface area contributed by atoms with Crippen molar-refractivity contribution >= 4 is 0 Å². The van der Waals surface area contributed by atoms with Crippen molar-refractivity contribution in [3.8, 4) is 0 Å². The van der Waals surface area contributed by atoms with Gasteiger partial charge in [-0.1, -0.05) is 104 Å². The van der Waals surface area contributed by atoms with Gasteiger partial charge in [-0.2, -0.15) is 0 Å². The molecule has 3 heterocycles. The van der Waals surface area contributed by atoms with Gasteiger partial charge >= 0.3 is 0 Å². The van der Waals surface area contributed by atoms with E-state index in [4.69, 9.17) is 0 Å². The molecule has 49 heavy (non-hydrogen) atoms. The highest BCUT2D eigenvalue weighted by atomic mass is 14.8. The van der Waals surface area contributed by atoms with Gasteiger partial charge in [0.05, 0.1) is 0 Å². The van der Waals surface area contributed by atoms with E-state index in [1.807, 2.05) is 57.2 Å². The van der Waals surface area contributed by atoms with Gasteiger partial charge in [0, 0.05) is 36.7 Å². The molecule has 6 rings (SSSR count). The van der Waals surface area contributed by atoms with Gasteiger partial charge in [0.25, 0.3) is 0 Å². The van der Waals surface area contributed by atoms with Crippen LogP contribution in [0.4, 0.5) is 0 Å². The molecule has 0 saturated heterocycles. The quantitative estimate of drug-likeness (QED) is 0.163. The molecule has 0 atom stereocenters. The van der Waals surface area contributed by atoms with Gasteiger partial charge in [0.1, 0.15) is 12.2 Å². The first-order chi connectivity index (χ1) is 23.2. The third kappa shape index (κ3) is 20.7. The average Bonchev–Trinajstić information content (AvgIpc) is 3.06. The van der Waals surface area contributed by atoms with E-state index < -0.39 is 0 Å². The van der Waals surface area contributed by atoms with Crippen LogP contribution in [-0.4, -0.2) is 24.9 Å². The number of pyridine rings is 1. The highest BCUT2D eigenvalue weighted by Crippen LogP contribution is 2.21. The van der Waals surface area contributed by atoms with Gasteiger partial charge in [-0.15, -0.1) is 0 Å². The van der Waals surface area contributed by atoms with Gasteiger partial charge < -0.3 is 0 Å². The van der Waals surface area contributed by atoms with Gasteiger partial charge in [-0.25, -0.2) is 19.9 Å². The third-order valence-corrected chi connectivity index (χ3v) is 7.20. The van der Waals surface area contributed by atoms with Crippen LogP contribution in [0.2, 0.25) is 0 Å². The van der Waals surface area contributed by atoms with E-state index in [0.717, 1.165) is 11.5 Å². The summed E-state index contributed by atoms with van der Waals surface area (Å²) in [6, 6.07) is 31.1. The molecule has 0 aliphatic rings. The van der Waals surface area contributed by atoms with Crippen LogP contribution in [0.25, 0.3) is 0 Å². The second-order valence-corrected chi connectivity index (χ2v) is 13.0. The Kier molecular flexibility index (Phi) is 20.0. The van der Waals surface area contributed by atoms with Gasteiger partial charge in [-0.05, 0) is 120 Å². The van der Waals surface area contributed by atoms with Crippen LogP contribution in [0, 0.1) is 62.3 Å². The van der Waals surface area contributed by atoms with Crippen molar-refractivity contribution in [1.29, 1.82) is 0 Å². The molecule has 3 aromatic heterocycles. The number of hydrogen-bond acceptors (Lipinski definition) is 5. The molecule has 0 aliphatic heterocycles. The molecule has 258 valence electrons. The summed E-state index contributed by atoms with van der Waals surface area (Å²) in [4.78, 5) is 19.2. The van der Waals surface area contributed by atoms with E-state index in [9.17, 15) is 0 Å². The lowest BCUT2D eigenvalue weighted by atomic mass is 9.87. The van der Waals surface area contributed by atoms with Crippen molar-refractivity contribution in [3.05, 3.63) is 184 Å². The summed E-state index contributed by atoms with van der Waals surface area (Å²) in [6.07, 6.45) is 10.3. The molecule has 0 fully saturated rings. The van der Waals surface area contributed by atoms with Crippen LogP contribution in [0.1, 0.15) is 76.8 Å². The normalized spacial score (nSPS) is 9.63. The lowest BCUT2D eigenvalue weighted by molar-refractivity contribution is 0.590. The van der Waals surface area contributed by atoms with E-state index >= 15 is 0 Å². The highest BCUT2D eigenvalue weighted by Gasteiger charge is 2.11. The Morgan fingerprint density at radius 2 is 0.918 bits per heavy atom. The first-order valence-corrected chi connectivity index (χ1v) is 16.6. The van der Waals surface area contributed by atoms with Crippen LogP contribution >= 0.6 is 0 Å². The van der Waals surface area contributed by atoms with Crippen molar-refractivity contribution < 1.29 is 0 Å². The van der Waals surface area contributed by atoms with E-state index in [2.05, 4.69) is 136 Å². The summed E-state index contributed by atoms with van der Waals surface area (Å²) < 4.78 is 0. The predicted octanol–water partition coefficient (Wildman–Crippen LogP) is 11.2. The Morgan fingerprint density at radius 1 is 0.429 bits per heavy atom. The van der Waals surface area contributed by atoms with E-state index in [-0.39, 0.29) is 5.41 Å². The Hall–Kier alpha value is -5.03. The summed E-state index contributed by atoms with van der Waals surface area (Å²) in [5.74, 6) is 0.822. The van der Waals surface area contributed by atoms with Crippen LogP contribution in [0.5, 0.6) is 0 Å². The first-order valence-electron chi connectivity index (χ1n) is 16.6. The standard InChI is InChI=1S/C11H16.C10H14.C7H8.C6H7N.2C5H6N2/c1-9-5-7-10(8-6-9)11(2,3)4;1-7-5-8(2)10(4)9(3)6-7;1-7-5-3-2-4-6-7;1-6-2-4-7-5-3-6;1-5-2-3-6-4-7-5;1-5-6-3-2-4-7-5/h5-8H,1-4H3;5-6H,1-4H3;2-6H,1H3;2-5H,1H3;2*2-4H,1H3. The van der Waals surface area contributed by atoms with Crippen molar-refractivity contribution in [2.75, 3.05) is 0 Å². The lowest BCUT2D eigenvalue weighted by Gasteiger charge is -2.18. The maximum absolute atomic E-state index is 3.87. The molecule has 0 N–H and O–H groups in total. The van der Waals surface area contributed by atoms with Gasteiger partial charge in [0.15, 0.2) is 0 Å². The number of aryl methyl sites for hydroxylation is 8. The maximum atomic E-state index is 3.87. The minimum atomic E-state index is 0.285. The number of aromatic nitrogens is 5. The van der Waals surface area contributed by atoms with Crippen LogP contribution in [0.3, 0.4) is 0 Å². The molecule has 6 aromatic rings. The van der Waals surface area contributed by atoms with Crippen molar-refractivity contribution in [2.45, 2.75) is 88.5 Å². The van der Waals surface area contributed by atoms with Gasteiger partial charge in [0.2, 0.25) is 0 Å². The summed E-state index contributed by atoms with van der Waals surface area (Å²) in [7, 11) is 0. The highest BCUT2D eigenvalue weighted by molar-refractivity contribution is 5.36. The second kappa shape index (κ2) is 23.3. The SMILES string of the molecule is Cc1cc(C)c(C)c(C)c1.Cc1ccc(C(C)(C)C)cc1.Cc1ccccc1.Cc1ccncc1.Cc1ccncn1.Cc1ncccn1. The molecule has 0 amide bonds. The molecule has 0 radical (unpaired) electrons. The fraction of sp³-hybridized carbons (Fsp3) is 0.295. The number of benzene rings is 3. The summed E-state index contributed by atoms with van der Waals surface area (Å²) >= 11 is 0. The number of nitrogens with zero attached hydrogens (tertiary/aromatic N) is 5. The zero-order chi connectivity index (χ0) is 36.7. The zero-order valence-electron chi connectivity index (χ0n) is 31.9. The van der Waals surface area contributed by atoms with E-state index in [0.29, 0.717) is 0 Å². The third-order valence-electron chi connectivity index (χ3n) is 7.20. The second-order valence-electron chi connectivity index (χ2n) is 13.0. The fourth-order valence-electron chi connectivity index (χ4n) is 4.00. The van der Waals surface area contributed by atoms with E-state index in [1.165, 1.54) is 50.8 Å². The maximum Gasteiger partial charge on any atom is 0.125 e. The van der Waals surface area contributed by atoms with Crippen molar-refractivity contribution in [1.82, 2.24) is 24.9 Å². The molecule has 0 spiro atoms. The molecule has 0 saturated carbocycles. The molecule has 5 nitrogen and oxygen atoms in total. The van der Waals surface area contributed by atoms with Crippen LogP contribution < -0.4 is 0 Å². The van der Waals surface area contributed by atoms with Gasteiger partial charge in [-0.3, -0.25) is 4.98 Å². The molecule has 3 aromatic carbocycles. The minimum absolute atomic E-state index is 0.285. The Bertz CT molecular complexity index is 1510. The summed E-state index contributed by atoms with van der Waals surface area (Å²) in [6.45, 7) is 25.4. The molecule has 5 heteroatoms. The van der Waals surface area contributed by atoms with E-state index in [1.54, 1.807) is 37.1 Å². The number of hydrogen-bond donors (Lipinski definition) is 0. The monoisotopic (exact) mass is 655 g/mol. The Balaban J connectivity index is 0.000000297. The number of rotatable bonds is 0. The molecule has 0 bridgehead atoms. The first kappa shape index (κ1) is 42.0. The Labute approximate surface area is 297 Å². The molecular formula is C44H57N5. The zero-order valence-corrected chi connectivity index (χ0v) is 31.9. The van der Waals surface area contributed by atoms with Crippen LogP contribution in [0.15, 0.2) is 128 Å². The van der Waals surface area contributed by atoms with Crippen LogP contribution in [-0.2, 0) is 5.41 Å². The predicted molar refractivity (Wildman–Crippen MR) is 209 cm³/mol. The average molecular weight is 656 g/mol. The largest absolute Gasteiger partial charge is 0.265 e. The Morgan fingerprint density at radius 3 is 1.24 bits per heavy atom. The molecule has 0 unspecified atom stereocenters. The fourth-order valence-corrected chi connectivity index (χ4v) is 4.00. The van der Waals surface area contributed by atoms with Crippen molar-refractivity contribution in [2.24, 2.45) is 0 Å². The smallest absolute Gasteiger partial charge is 0.125 e. The topological polar surface area (TPSA) is 64.5 Å². The molecular weight excluding hydrogens is 599 g/mol. The van der Waals surface area contributed by atoms with Crippen molar-refractivity contribution in [3.63, 3.8) is 0 Å².